The molecule has 10 heteroatoms. The van der Waals surface area contributed by atoms with Crippen molar-refractivity contribution in [3.05, 3.63) is 40.6 Å². The van der Waals surface area contributed by atoms with Crippen LogP contribution in [0.5, 0.6) is 5.88 Å². The molecule has 0 bridgehead atoms. The highest BCUT2D eigenvalue weighted by Crippen LogP contribution is 2.28. The molecule has 25 heavy (non-hydrogen) atoms. The smallest absolute Gasteiger partial charge is 0.422 e. The monoisotopic (exact) mass is 435 g/mol. The molecule has 1 N–H and O–H groups in total. The summed E-state index contributed by atoms with van der Waals surface area (Å²) in [5.41, 5.74) is 0.359. The van der Waals surface area contributed by atoms with E-state index in [2.05, 4.69) is 36.0 Å². The van der Waals surface area contributed by atoms with E-state index in [4.69, 9.17) is 0 Å². The third kappa shape index (κ3) is 6.20. The molecule has 0 spiro atoms. The fourth-order valence-electron chi connectivity index (χ4n) is 1.75. The number of ether oxygens (including phenoxy) is 1. The number of carbonyl (C=O) groups excluding carboxylic acids is 1. The lowest BCUT2D eigenvalue weighted by molar-refractivity contribution is -0.153. The first-order valence-electron chi connectivity index (χ1n) is 7.04. The van der Waals surface area contributed by atoms with Gasteiger partial charge in [0, 0.05) is 22.4 Å². The van der Waals surface area contributed by atoms with Crippen LogP contribution in [0.1, 0.15) is 17.3 Å². The van der Waals surface area contributed by atoms with Crippen LogP contribution in [-0.4, -0.2) is 34.4 Å². The quantitative estimate of drug-likeness (QED) is 0.674. The first-order chi connectivity index (χ1) is 11.8. The second kappa shape index (κ2) is 8.52. The van der Waals surface area contributed by atoms with Crippen LogP contribution < -0.4 is 10.1 Å². The average molecular weight is 436 g/mol. The van der Waals surface area contributed by atoms with Crippen molar-refractivity contribution in [1.82, 2.24) is 9.97 Å². The molecule has 2 heterocycles. The van der Waals surface area contributed by atoms with E-state index in [1.54, 1.807) is 6.07 Å². The second-order valence-electron chi connectivity index (χ2n) is 4.68. The van der Waals surface area contributed by atoms with Crippen molar-refractivity contribution >= 4 is 39.3 Å². The molecule has 0 unspecified atom stereocenters. The zero-order valence-corrected chi connectivity index (χ0v) is 15.3. The summed E-state index contributed by atoms with van der Waals surface area (Å²) in [4.78, 5) is 20.3. The van der Waals surface area contributed by atoms with Crippen LogP contribution in [0.15, 0.2) is 40.1 Å². The van der Waals surface area contributed by atoms with Gasteiger partial charge in [0.1, 0.15) is 5.69 Å². The van der Waals surface area contributed by atoms with Gasteiger partial charge in [0.2, 0.25) is 5.88 Å². The molecule has 0 saturated heterocycles. The van der Waals surface area contributed by atoms with Crippen LogP contribution in [-0.2, 0) is 0 Å². The molecule has 5 nitrogen and oxygen atoms in total. The SMILES string of the molecule is CCSc1cc(C(=O)Nc2cc(Br)cnc2OCC(F)(F)F)ccn1. The van der Waals surface area contributed by atoms with Crippen molar-refractivity contribution in [2.75, 3.05) is 17.7 Å². The summed E-state index contributed by atoms with van der Waals surface area (Å²) >= 11 is 4.63. The number of pyridine rings is 2. The first kappa shape index (κ1) is 19.5. The van der Waals surface area contributed by atoms with Crippen LogP contribution >= 0.6 is 27.7 Å². The number of carbonyl (C=O) groups is 1. The molecule has 0 atom stereocenters. The Balaban J connectivity index is 2.19. The lowest BCUT2D eigenvalue weighted by atomic mass is 10.2. The summed E-state index contributed by atoms with van der Waals surface area (Å²) in [7, 11) is 0. The molecule has 0 saturated carbocycles. The summed E-state index contributed by atoms with van der Waals surface area (Å²) in [5, 5.41) is 3.19. The zero-order valence-electron chi connectivity index (χ0n) is 12.9. The molecule has 0 radical (unpaired) electrons. The van der Waals surface area contributed by atoms with E-state index in [-0.39, 0.29) is 11.6 Å². The fraction of sp³-hybridized carbons (Fsp3) is 0.267. The minimum Gasteiger partial charge on any atom is -0.467 e. The maximum absolute atomic E-state index is 12.4. The predicted octanol–water partition coefficient (Wildman–Crippen LogP) is 4.54. The summed E-state index contributed by atoms with van der Waals surface area (Å²) in [5.74, 6) is -0.0218. The topological polar surface area (TPSA) is 64.1 Å². The van der Waals surface area contributed by atoms with Crippen molar-refractivity contribution in [2.45, 2.75) is 18.1 Å². The van der Waals surface area contributed by atoms with E-state index >= 15 is 0 Å². The molecule has 1 amide bonds. The van der Waals surface area contributed by atoms with E-state index < -0.39 is 18.7 Å². The van der Waals surface area contributed by atoms with Crippen LogP contribution in [0.2, 0.25) is 0 Å². The molecule has 0 aliphatic heterocycles. The summed E-state index contributed by atoms with van der Waals surface area (Å²) in [6.45, 7) is 0.452. The van der Waals surface area contributed by atoms with Crippen molar-refractivity contribution < 1.29 is 22.7 Å². The lowest BCUT2D eigenvalue weighted by Gasteiger charge is -2.13. The Morgan fingerprint density at radius 3 is 2.80 bits per heavy atom. The standard InChI is InChI=1S/C15H13BrF3N3O2S/c1-2-25-12-5-9(3-4-20-12)13(23)22-11-6-10(16)7-21-14(11)24-8-15(17,18)19/h3-7H,2,8H2,1H3,(H,22,23). The number of hydrogen-bond donors (Lipinski definition) is 1. The number of hydrogen-bond acceptors (Lipinski definition) is 5. The molecule has 0 fully saturated rings. The van der Waals surface area contributed by atoms with Crippen LogP contribution in [0, 0.1) is 0 Å². The Hall–Kier alpha value is -1.81. The number of anilines is 1. The van der Waals surface area contributed by atoms with Crippen molar-refractivity contribution in [2.24, 2.45) is 0 Å². The highest BCUT2D eigenvalue weighted by atomic mass is 79.9. The van der Waals surface area contributed by atoms with Gasteiger partial charge in [-0.15, -0.1) is 11.8 Å². The van der Waals surface area contributed by atoms with Gasteiger partial charge in [0.15, 0.2) is 6.61 Å². The number of thioether (sulfide) groups is 1. The Morgan fingerprint density at radius 1 is 1.36 bits per heavy atom. The number of amides is 1. The normalized spacial score (nSPS) is 11.2. The molecular formula is C15H13BrF3N3O2S. The molecule has 2 aromatic heterocycles. The largest absolute Gasteiger partial charge is 0.467 e. The van der Waals surface area contributed by atoms with E-state index in [1.807, 2.05) is 6.92 Å². The molecule has 2 rings (SSSR count). The van der Waals surface area contributed by atoms with E-state index in [0.717, 1.165) is 5.75 Å². The van der Waals surface area contributed by atoms with Gasteiger partial charge in [-0.2, -0.15) is 13.2 Å². The Kier molecular flexibility index (Phi) is 6.65. The third-order valence-electron chi connectivity index (χ3n) is 2.73. The van der Waals surface area contributed by atoms with E-state index in [1.165, 1.54) is 36.3 Å². The van der Waals surface area contributed by atoms with Crippen molar-refractivity contribution in [3.8, 4) is 5.88 Å². The van der Waals surface area contributed by atoms with E-state index in [9.17, 15) is 18.0 Å². The maximum Gasteiger partial charge on any atom is 0.422 e. The number of nitrogens with one attached hydrogen (secondary N) is 1. The number of alkyl halides is 3. The molecule has 0 aliphatic rings. The number of nitrogens with zero attached hydrogens (tertiary/aromatic N) is 2. The number of halogens is 4. The minimum absolute atomic E-state index is 0.0325. The van der Waals surface area contributed by atoms with Gasteiger partial charge in [-0.3, -0.25) is 4.79 Å². The lowest BCUT2D eigenvalue weighted by Crippen LogP contribution is -2.21. The summed E-state index contributed by atoms with van der Waals surface area (Å²) in [6.07, 6.45) is -1.73. The Bertz CT molecular complexity index is 759. The number of aromatic nitrogens is 2. The molecular weight excluding hydrogens is 423 g/mol. The van der Waals surface area contributed by atoms with Crippen LogP contribution in [0.25, 0.3) is 0 Å². The maximum atomic E-state index is 12.4. The van der Waals surface area contributed by atoms with Crippen LogP contribution in [0.4, 0.5) is 18.9 Å². The van der Waals surface area contributed by atoms with Crippen molar-refractivity contribution in [1.29, 1.82) is 0 Å². The molecule has 2 aromatic rings. The fourth-order valence-corrected chi connectivity index (χ4v) is 2.73. The van der Waals surface area contributed by atoms with Gasteiger partial charge in [-0.05, 0) is 39.9 Å². The zero-order chi connectivity index (χ0) is 18.4. The number of rotatable bonds is 6. The highest BCUT2D eigenvalue weighted by molar-refractivity contribution is 9.10. The molecule has 0 aromatic carbocycles. The third-order valence-corrected chi connectivity index (χ3v) is 3.97. The summed E-state index contributed by atoms with van der Waals surface area (Å²) < 4.78 is 42.2. The van der Waals surface area contributed by atoms with E-state index in [0.29, 0.717) is 15.1 Å². The highest BCUT2D eigenvalue weighted by Gasteiger charge is 2.29. The Morgan fingerprint density at radius 2 is 2.12 bits per heavy atom. The van der Waals surface area contributed by atoms with Crippen LogP contribution in [0.3, 0.4) is 0 Å². The van der Waals surface area contributed by atoms with Gasteiger partial charge in [-0.1, -0.05) is 6.92 Å². The molecule has 0 aliphatic carbocycles. The average Bonchev–Trinajstić information content (AvgIpc) is 2.54. The second-order valence-corrected chi connectivity index (χ2v) is 6.88. The molecule has 134 valence electrons. The van der Waals surface area contributed by atoms with Gasteiger partial charge < -0.3 is 10.1 Å². The van der Waals surface area contributed by atoms with Gasteiger partial charge >= 0.3 is 6.18 Å². The summed E-state index contributed by atoms with van der Waals surface area (Å²) in [6, 6.07) is 4.53. The minimum atomic E-state index is -4.51. The van der Waals surface area contributed by atoms with Crippen molar-refractivity contribution in [3.63, 3.8) is 0 Å². The van der Waals surface area contributed by atoms with Gasteiger partial charge in [-0.25, -0.2) is 9.97 Å². The predicted molar refractivity (Wildman–Crippen MR) is 92.1 cm³/mol. The van der Waals surface area contributed by atoms with Gasteiger partial charge in [0.25, 0.3) is 5.91 Å². The van der Waals surface area contributed by atoms with Gasteiger partial charge in [0.05, 0.1) is 5.03 Å². The first-order valence-corrected chi connectivity index (χ1v) is 8.81. The Labute approximate surface area is 154 Å².